The first kappa shape index (κ1) is 17.1. The van der Waals surface area contributed by atoms with Crippen LogP contribution in [0.3, 0.4) is 0 Å². The van der Waals surface area contributed by atoms with Crippen LogP contribution in [0.25, 0.3) is 0 Å². The van der Waals surface area contributed by atoms with Gasteiger partial charge in [0.05, 0.1) is 5.69 Å². The molecule has 2 aromatic rings. The van der Waals surface area contributed by atoms with E-state index in [1.807, 2.05) is 0 Å². The van der Waals surface area contributed by atoms with Crippen molar-refractivity contribution in [3.63, 3.8) is 0 Å². The Bertz CT molecular complexity index is 788. The highest BCUT2D eigenvalue weighted by atomic mass is 19.1. The molecule has 1 aliphatic heterocycles. The van der Waals surface area contributed by atoms with E-state index in [4.69, 9.17) is 4.74 Å². The third-order valence-corrected chi connectivity index (χ3v) is 4.12. The zero-order chi connectivity index (χ0) is 17.8. The maximum Gasteiger partial charge on any atom is 0.258 e. The van der Waals surface area contributed by atoms with Gasteiger partial charge in [-0.25, -0.2) is 4.39 Å². The highest BCUT2D eigenvalue weighted by molar-refractivity contribution is 6.06. The van der Waals surface area contributed by atoms with Gasteiger partial charge >= 0.3 is 0 Å². The van der Waals surface area contributed by atoms with Crippen molar-refractivity contribution < 1.29 is 18.7 Å². The monoisotopic (exact) mass is 342 g/mol. The molecule has 0 spiro atoms. The van der Waals surface area contributed by atoms with Crippen molar-refractivity contribution in [2.24, 2.45) is 0 Å². The van der Waals surface area contributed by atoms with E-state index < -0.39 is 11.9 Å². The Morgan fingerprint density at radius 2 is 2.00 bits per heavy atom. The molecule has 2 amide bonds. The minimum absolute atomic E-state index is 0.196. The molecule has 0 saturated carbocycles. The number of amides is 2. The summed E-state index contributed by atoms with van der Waals surface area (Å²) < 4.78 is 19.2. The van der Waals surface area contributed by atoms with Crippen molar-refractivity contribution in [3.05, 3.63) is 59.9 Å². The van der Waals surface area contributed by atoms with E-state index in [2.05, 4.69) is 5.32 Å². The molecule has 0 aromatic heterocycles. The van der Waals surface area contributed by atoms with Crippen LogP contribution >= 0.6 is 0 Å². The molecule has 2 aromatic carbocycles. The summed E-state index contributed by atoms with van der Waals surface area (Å²) in [5, 5.41) is 2.76. The fourth-order valence-electron chi connectivity index (χ4n) is 2.76. The van der Waals surface area contributed by atoms with Gasteiger partial charge in [-0.3, -0.25) is 9.59 Å². The number of nitrogens with zero attached hydrogens (tertiary/aromatic N) is 1. The summed E-state index contributed by atoms with van der Waals surface area (Å²) >= 11 is 0. The molecule has 0 radical (unpaired) electrons. The van der Waals surface area contributed by atoms with Crippen molar-refractivity contribution in [1.82, 2.24) is 0 Å². The Morgan fingerprint density at radius 1 is 1.20 bits per heavy atom. The summed E-state index contributed by atoms with van der Waals surface area (Å²) in [6, 6.07) is 12.7. The van der Waals surface area contributed by atoms with E-state index in [0.717, 1.165) is 6.42 Å². The second-order valence-corrected chi connectivity index (χ2v) is 5.89. The fourth-order valence-corrected chi connectivity index (χ4v) is 2.76. The topological polar surface area (TPSA) is 58.6 Å². The van der Waals surface area contributed by atoms with Crippen LogP contribution in [-0.4, -0.2) is 31.6 Å². The van der Waals surface area contributed by atoms with Crippen molar-refractivity contribution in [1.29, 1.82) is 0 Å². The minimum Gasteiger partial charge on any atom is -0.368 e. The number of halogens is 1. The Balaban J connectivity index is 1.75. The van der Waals surface area contributed by atoms with Gasteiger partial charge in [0.15, 0.2) is 0 Å². The smallest absolute Gasteiger partial charge is 0.258 e. The van der Waals surface area contributed by atoms with Crippen LogP contribution in [0.2, 0.25) is 0 Å². The Morgan fingerprint density at radius 3 is 2.72 bits per heavy atom. The standard InChI is InChI=1S/C19H19FN2O3/c1-22(16-9-3-2-8-15(16)20)19(24)13-6-4-7-14(12-13)21-18(23)17-10-5-11-25-17/h2-4,6-9,12,17H,5,10-11H2,1H3,(H,21,23). The number of carbonyl (C=O) groups is 2. The largest absolute Gasteiger partial charge is 0.368 e. The molecule has 5 nitrogen and oxygen atoms in total. The van der Waals surface area contributed by atoms with Crippen LogP contribution in [0.1, 0.15) is 23.2 Å². The van der Waals surface area contributed by atoms with Gasteiger partial charge in [-0.05, 0) is 43.2 Å². The summed E-state index contributed by atoms with van der Waals surface area (Å²) in [6.45, 7) is 0.587. The lowest BCUT2D eigenvalue weighted by Gasteiger charge is -2.18. The Hall–Kier alpha value is -2.73. The van der Waals surface area contributed by atoms with E-state index in [-0.39, 0.29) is 17.5 Å². The van der Waals surface area contributed by atoms with Crippen molar-refractivity contribution in [3.8, 4) is 0 Å². The molecule has 1 atom stereocenters. The molecule has 1 N–H and O–H groups in total. The van der Waals surface area contributed by atoms with Crippen molar-refractivity contribution in [2.75, 3.05) is 23.9 Å². The Kier molecular flexibility index (Phi) is 5.09. The molecule has 1 fully saturated rings. The number of carbonyl (C=O) groups excluding carboxylic acids is 2. The maximum atomic E-state index is 13.9. The number of hydrogen-bond acceptors (Lipinski definition) is 3. The number of rotatable bonds is 4. The van der Waals surface area contributed by atoms with E-state index in [1.54, 1.807) is 36.4 Å². The van der Waals surface area contributed by atoms with Gasteiger partial charge in [0, 0.05) is 24.9 Å². The zero-order valence-corrected chi connectivity index (χ0v) is 13.9. The first-order valence-corrected chi connectivity index (χ1v) is 8.11. The molecule has 1 unspecified atom stereocenters. The van der Waals surface area contributed by atoms with Crippen LogP contribution in [-0.2, 0) is 9.53 Å². The van der Waals surface area contributed by atoms with Crippen LogP contribution < -0.4 is 10.2 Å². The average molecular weight is 342 g/mol. The summed E-state index contributed by atoms with van der Waals surface area (Å²) in [6.07, 6.45) is 1.12. The van der Waals surface area contributed by atoms with Gasteiger partial charge in [0.25, 0.3) is 11.8 Å². The predicted molar refractivity (Wildman–Crippen MR) is 93.2 cm³/mol. The van der Waals surface area contributed by atoms with Crippen molar-refractivity contribution in [2.45, 2.75) is 18.9 Å². The molecular weight excluding hydrogens is 323 g/mol. The second-order valence-electron chi connectivity index (χ2n) is 5.89. The van der Waals surface area contributed by atoms with Crippen LogP contribution in [0.15, 0.2) is 48.5 Å². The van der Waals surface area contributed by atoms with E-state index >= 15 is 0 Å². The van der Waals surface area contributed by atoms with E-state index in [9.17, 15) is 14.0 Å². The van der Waals surface area contributed by atoms with Crippen LogP contribution in [0.5, 0.6) is 0 Å². The summed E-state index contributed by atoms with van der Waals surface area (Å²) in [7, 11) is 1.51. The number of hydrogen-bond donors (Lipinski definition) is 1. The third kappa shape index (κ3) is 3.85. The van der Waals surface area contributed by atoms with E-state index in [0.29, 0.717) is 24.3 Å². The first-order valence-electron chi connectivity index (χ1n) is 8.11. The Labute approximate surface area is 145 Å². The summed E-state index contributed by atoms with van der Waals surface area (Å²) in [4.78, 5) is 26.0. The molecule has 0 aliphatic carbocycles. The zero-order valence-electron chi connectivity index (χ0n) is 13.9. The summed E-state index contributed by atoms with van der Waals surface area (Å²) in [5.74, 6) is -1.05. The molecule has 3 rings (SSSR count). The number of ether oxygens (including phenoxy) is 1. The number of para-hydroxylation sites is 1. The molecule has 0 bridgehead atoms. The van der Waals surface area contributed by atoms with Gasteiger partial charge in [-0.2, -0.15) is 0 Å². The van der Waals surface area contributed by atoms with Gasteiger partial charge in [0.2, 0.25) is 0 Å². The van der Waals surface area contributed by atoms with Gasteiger partial charge in [0.1, 0.15) is 11.9 Å². The van der Waals surface area contributed by atoms with Gasteiger partial charge in [-0.1, -0.05) is 18.2 Å². The minimum atomic E-state index is -0.471. The van der Waals surface area contributed by atoms with Gasteiger partial charge in [-0.15, -0.1) is 0 Å². The van der Waals surface area contributed by atoms with Crippen LogP contribution in [0, 0.1) is 5.82 Å². The molecule has 1 heterocycles. The number of benzene rings is 2. The second kappa shape index (κ2) is 7.44. The average Bonchev–Trinajstić information content (AvgIpc) is 3.16. The first-order chi connectivity index (χ1) is 12.1. The van der Waals surface area contributed by atoms with Gasteiger partial charge < -0.3 is 15.0 Å². The lowest BCUT2D eigenvalue weighted by Crippen LogP contribution is -2.28. The summed E-state index contributed by atoms with van der Waals surface area (Å²) in [5.41, 5.74) is 1.06. The quantitative estimate of drug-likeness (QED) is 0.928. The SMILES string of the molecule is CN(C(=O)c1cccc(NC(=O)C2CCCO2)c1)c1ccccc1F. The third-order valence-electron chi connectivity index (χ3n) is 4.12. The molecule has 6 heteroatoms. The lowest BCUT2D eigenvalue weighted by atomic mass is 10.1. The fraction of sp³-hybridized carbons (Fsp3) is 0.263. The molecule has 25 heavy (non-hydrogen) atoms. The molecular formula is C19H19FN2O3. The van der Waals surface area contributed by atoms with E-state index in [1.165, 1.54) is 24.1 Å². The maximum absolute atomic E-state index is 13.9. The van der Waals surface area contributed by atoms with Crippen molar-refractivity contribution >= 4 is 23.2 Å². The van der Waals surface area contributed by atoms with Crippen LogP contribution in [0.4, 0.5) is 15.8 Å². The lowest BCUT2D eigenvalue weighted by molar-refractivity contribution is -0.124. The highest BCUT2D eigenvalue weighted by Crippen LogP contribution is 2.21. The normalized spacial score (nSPS) is 16.5. The highest BCUT2D eigenvalue weighted by Gasteiger charge is 2.24. The molecule has 130 valence electrons. The molecule has 1 aliphatic rings. The molecule has 1 saturated heterocycles. The number of anilines is 2. The predicted octanol–water partition coefficient (Wildman–Crippen LogP) is 3.22. The number of nitrogens with one attached hydrogen (secondary N) is 1.